The van der Waals surface area contributed by atoms with Crippen LogP contribution < -0.4 is 4.74 Å². The Hall–Kier alpha value is -3.36. The number of nitro benzene ring substituents is 1. The molecule has 0 aromatic heterocycles. The molecule has 0 saturated carbocycles. The lowest BCUT2D eigenvalue weighted by atomic mass is 9.79. The number of rotatable bonds is 7. The van der Waals surface area contributed by atoms with Crippen molar-refractivity contribution in [2.24, 2.45) is 0 Å². The van der Waals surface area contributed by atoms with E-state index < -0.39 is 0 Å². The van der Waals surface area contributed by atoms with E-state index in [4.69, 9.17) is 9.47 Å². The highest BCUT2D eigenvalue weighted by Gasteiger charge is 2.29. The summed E-state index contributed by atoms with van der Waals surface area (Å²) in [5.41, 5.74) is 10.6. The van der Waals surface area contributed by atoms with Gasteiger partial charge in [0.15, 0.2) is 0 Å². The fourth-order valence-electron chi connectivity index (χ4n) is 5.97. The van der Waals surface area contributed by atoms with Crippen molar-refractivity contribution in [2.75, 3.05) is 19.8 Å². The molecule has 7 nitrogen and oxygen atoms in total. The standard InChI is InChI=1S/C31H34N2O5S/c1-5-37-30(34)17-25-19(2)22-14-15-32(39-29-11-7-6-10-27(29)33(35)36)18-26(22)21(4)31(25)24-12-13-28-23(20(24)3)9-8-16-38-28/h6-7,10-13H,5,8-9,14-18H2,1-4H3. The van der Waals surface area contributed by atoms with Gasteiger partial charge in [-0.05, 0) is 121 Å². The highest BCUT2D eigenvalue weighted by molar-refractivity contribution is 7.97. The molecule has 0 spiro atoms. The fraction of sp³-hybridized carbons (Fsp3) is 0.387. The summed E-state index contributed by atoms with van der Waals surface area (Å²) in [4.78, 5) is 24.7. The summed E-state index contributed by atoms with van der Waals surface area (Å²) >= 11 is 1.44. The number of carbonyl (C=O) groups excluding carboxylic acids is 1. The Morgan fingerprint density at radius 3 is 2.62 bits per heavy atom. The Balaban J connectivity index is 1.60. The average molecular weight is 547 g/mol. The average Bonchev–Trinajstić information content (AvgIpc) is 2.93. The summed E-state index contributed by atoms with van der Waals surface area (Å²) in [5, 5.41) is 11.6. The minimum Gasteiger partial charge on any atom is -0.493 e. The summed E-state index contributed by atoms with van der Waals surface area (Å²) < 4.78 is 13.5. The Morgan fingerprint density at radius 1 is 1.05 bits per heavy atom. The van der Waals surface area contributed by atoms with Crippen LogP contribution in [-0.4, -0.2) is 35.0 Å². The zero-order valence-corrected chi connectivity index (χ0v) is 23.8. The van der Waals surface area contributed by atoms with Gasteiger partial charge in [-0.25, -0.2) is 4.31 Å². The van der Waals surface area contributed by atoms with Crippen molar-refractivity contribution in [2.45, 2.75) is 64.8 Å². The molecular weight excluding hydrogens is 512 g/mol. The van der Waals surface area contributed by atoms with Crippen LogP contribution in [0.15, 0.2) is 41.3 Å². The Bertz CT molecular complexity index is 1450. The molecule has 0 amide bonds. The minimum atomic E-state index is -0.321. The van der Waals surface area contributed by atoms with Crippen LogP contribution in [-0.2, 0) is 35.3 Å². The third-order valence-corrected chi connectivity index (χ3v) is 9.03. The van der Waals surface area contributed by atoms with Gasteiger partial charge in [-0.15, -0.1) is 0 Å². The van der Waals surface area contributed by atoms with Crippen molar-refractivity contribution in [1.82, 2.24) is 4.31 Å². The van der Waals surface area contributed by atoms with Crippen LogP contribution in [0.25, 0.3) is 11.1 Å². The number of carbonyl (C=O) groups is 1. The van der Waals surface area contributed by atoms with Crippen LogP contribution in [0.1, 0.15) is 52.3 Å². The molecule has 0 N–H and O–H groups in total. The quantitative estimate of drug-likeness (QED) is 0.141. The van der Waals surface area contributed by atoms with Crippen molar-refractivity contribution in [3.63, 3.8) is 0 Å². The number of fused-ring (bicyclic) bond motifs is 2. The highest BCUT2D eigenvalue weighted by Crippen LogP contribution is 2.43. The number of para-hydroxylation sites is 1. The van der Waals surface area contributed by atoms with Gasteiger partial charge >= 0.3 is 5.97 Å². The first-order valence-corrected chi connectivity index (χ1v) is 14.3. The van der Waals surface area contributed by atoms with Crippen molar-refractivity contribution in [1.29, 1.82) is 0 Å². The molecule has 5 rings (SSSR count). The fourth-order valence-corrected chi connectivity index (χ4v) is 7.00. The van der Waals surface area contributed by atoms with E-state index in [1.54, 1.807) is 12.1 Å². The summed E-state index contributed by atoms with van der Waals surface area (Å²) in [5.74, 6) is 0.735. The van der Waals surface area contributed by atoms with E-state index in [0.717, 1.165) is 66.0 Å². The smallest absolute Gasteiger partial charge is 0.310 e. The normalized spacial score (nSPS) is 14.8. The Kier molecular flexibility index (Phi) is 7.96. The van der Waals surface area contributed by atoms with Crippen LogP contribution in [0.4, 0.5) is 5.69 Å². The van der Waals surface area contributed by atoms with Gasteiger partial charge in [-0.1, -0.05) is 18.2 Å². The molecule has 39 heavy (non-hydrogen) atoms. The number of nitrogens with zero attached hydrogens (tertiary/aromatic N) is 2. The molecule has 0 saturated heterocycles. The molecule has 8 heteroatoms. The van der Waals surface area contributed by atoms with E-state index in [-0.39, 0.29) is 23.0 Å². The summed E-state index contributed by atoms with van der Waals surface area (Å²) in [7, 11) is 0. The number of ether oxygens (including phenoxy) is 2. The molecule has 204 valence electrons. The van der Waals surface area contributed by atoms with Gasteiger partial charge in [0.2, 0.25) is 0 Å². The molecule has 0 atom stereocenters. The SMILES string of the molecule is CCOC(=O)Cc1c(C)c2c(c(C)c1-c1ccc3c(c1C)CCCO3)CN(Sc1ccccc1[N+](=O)[O-])CC2. The lowest BCUT2D eigenvalue weighted by Crippen LogP contribution is -2.27. The number of nitro groups is 1. The molecule has 0 radical (unpaired) electrons. The van der Waals surface area contributed by atoms with Gasteiger partial charge in [0.25, 0.3) is 5.69 Å². The summed E-state index contributed by atoms with van der Waals surface area (Å²) in [6.45, 7) is 10.8. The third-order valence-electron chi connectivity index (χ3n) is 7.91. The van der Waals surface area contributed by atoms with Crippen LogP contribution in [0.2, 0.25) is 0 Å². The van der Waals surface area contributed by atoms with Crippen LogP contribution >= 0.6 is 11.9 Å². The largest absolute Gasteiger partial charge is 0.493 e. The van der Waals surface area contributed by atoms with Crippen LogP contribution in [0.5, 0.6) is 5.75 Å². The van der Waals surface area contributed by atoms with Crippen molar-refractivity contribution >= 4 is 23.6 Å². The van der Waals surface area contributed by atoms with Gasteiger partial charge in [0.05, 0.1) is 24.6 Å². The second-order valence-electron chi connectivity index (χ2n) is 10.1. The molecule has 2 aliphatic heterocycles. The van der Waals surface area contributed by atoms with Crippen LogP contribution in [0.3, 0.4) is 0 Å². The number of benzene rings is 3. The predicted molar refractivity (Wildman–Crippen MR) is 153 cm³/mol. The van der Waals surface area contributed by atoms with E-state index in [1.165, 1.54) is 34.2 Å². The predicted octanol–water partition coefficient (Wildman–Crippen LogP) is 6.68. The maximum Gasteiger partial charge on any atom is 0.310 e. The Labute approximate surface area is 233 Å². The molecule has 0 aliphatic carbocycles. The molecule has 0 fully saturated rings. The van der Waals surface area contributed by atoms with E-state index in [2.05, 4.69) is 37.2 Å². The molecule has 0 bridgehead atoms. The summed E-state index contributed by atoms with van der Waals surface area (Å²) in [6, 6.07) is 11.1. The summed E-state index contributed by atoms with van der Waals surface area (Å²) in [6.07, 6.45) is 3.01. The topological polar surface area (TPSA) is 81.9 Å². The van der Waals surface area contributed by atoms with Gasteiger partial charge in [-0.2, -0.15) is 0 Å². The third kappa shape index (κ3) is 5.28. The van der Waals surface area contributed by atoms with Gasteiger partial charge < -0.3 is 9.47 Å². The van der Waals surface area contributed by atoms with Gasteiger partial charge in [-0.3, -0.25) is 14.9 Å². The van der Waals surface area contributed by atoms with Crippen molar-refractivity contribution in [3.8, 4) is 16.9 Å². The second-order valence-corrected chi connectivity index (χ2v) is 11.3. The molecule has 2 aliphatic rings. The first kappa shape index (κ1) is 27.2. The first-order chi connectivity index (χ1) is 18.8. The molecule has 0 unspecified atom stereocenters. The van der Waals surface area contributed by atoms with Crippen LogP contribution in [0, 0.1) is 30.9 Å². The lowest BCUT2D eigenvalue weighted by Gasteiger charge is -2.33. The van der Waals surface area contributed by atoms with E-state index in [0.29, 0.717) is 18.0 Å². The van der Waals surface area contributed by atoms with Crippen molar-refractivity contribution < 1.29 is 19.2 Å². The van der Waals surface area contributed by atoms with E-state index in [9.17, 15) is 14.9 Å². The number of esters is 1. The molecular formula is C31H34N2O5S. The zero-order valence-electron chi connectivity index (χ0n) is 23.0. The minimum absolute atomic E-state index is 0.124. The molecule has 3 aromatic carbocycles. The molecule has 3 aromatic rings. The Morgan fingerprint density at radius 2 is 1.85 bits per heavy atom. The maximum absolute atomic E-state index is 12.8. The number of hydrogen-bond donors (Lipinski definition) is 0. The van der Waals surface area contributed by atoms with Gasteiger partial charge in [0.1, 0.15) is 10.6 Å². The lowest BCUT2D eigenvalue weighted by molar-refractivity contribution is -0.387. The second kappa shape index (κ2) is 11.4. The van der Waals surface area contributed by atoms with E-state index in [1.807, 2.05) is 19.1 Å². The monoisotopic (exact) mass is 546 g/mol. The first-order valence-electron chi connectivity index (χ1n) is 13.5. The highest BCUT2D eigenvalue weighted by atomic mass is 32.2. The molecule has 2 heterocycles. The maximum atomic E-state index is 12.8. The van der Waals surface area contributed by atoms with Crippen molar-refractivity contribution in [3.05, 3.63) is 85.5 Å². The van der Waals surface area contributed by atoms with E-state index >= 15 is 0 Å². The number of hydrogen-bond acceptors (Lipinski definition) is 7. The zero-order chi connectivity index (χ0) is 27.7. The van der Waals surface area contributed by atoms with Gasteiger partial charge in [0, 0.05) is 19.2 Å².